The summed E-state index contributed by atoms with van der Waals surface area (Å²) in [5, 5.41) is 0. The highest BCUT2D eigenvalue weighted by Gasteiger charge is 2.18. The number of rotatable bonds is 2. The zero-order valence-electron chi connectivity index (χ0n) is 11.8. The van der Waals surface area contributed by atoms with E-state index in [0.29, 0.717) is 0 Å². The predicted molar refractivity (Wildman–Crippen MR) is 79.1 cm³/mol. The first-order valence-corrected chi connectivity index (χ1v) is 7.35. The molecule has 0 spiro atoms. The molecule has 2 N–H and O–H groups in total. The molecule has 2 aromatic heterocycles. The van der Waals surface area contributed by atoms with Crippen LogP contribution in [0.4, 0.5) is 0 Å². The Morgan fingerprint density at radius 2 is 2.20 bits per heavy atom. The second-order valence-corrected chi connectivity index (χ2v) is 5.31. The van der Waals surface area contributed by atoms with E-state index in [0.717, 1.165) is 54.9 Å². The van der Waals surface area contributed by atoms with Crippen molar-refractivity contribution in [1.82, 2.24) is 15.0 Å². The molecule has 2 heterocycles. The van der Waals surface area contributed by atoms with Gasteiger partial charge in [-0.05, 0) is 37.3 Å². The lowest BCUT2D eigenvalue weighted by Gasteiger charge is -2.12. The van der Waals surface area contributed by atoms with Gasteiger partial charge in [0.15, 0.2) is 5.82 Å². The van der Waals surface area contributed by atoms with Crippen LogP contribution in [0.3, 0.4) is 0 Å². The van der Waals surface area contributed by atoms with E-state index in [1.54, 1.807) is 6.20 Å². The van der Waals surface area contributed by atoms with Gasteiger partial charge in [-0.3, -0.25) is 4.98 Å². The van der Waals surface area contributed by atoms with Crippen LogP contribution >= 0.6 is 0 Å². The van der Waals surface area contributed by atoms with E-state index in [1.165, 1.54) is 5.56 Å². The number of fused-ring (bicyclic) bond motifs is 1. The van der Waals surface area contributed by atoms with Crippen molar-refractivity contribution in [2.24, 2.45) is 5.73 Å². The molecule has 2 aromatic rings. The third kappa shape index (κ3) is 2.43. The molecule has 1 aliphatic carbocycles. The summed E-state index contributed by atoms with van der Waals surface area (Å²) in [6.45, 7) is 2.12. The summed E-state index contributed by atoms with van der Waals surface area (Å²) < 4.78 is 0. The number of hydrogen-bond donors (Lipinski definition) is 1. The van der Waals surface area contributed by atoms with Crippen molar-refractivity contribution in [3.05, 3.63) is 41.3 Å². The summed E-state index contributed by atoms with van der Waals surface area (Å²) in [4.78, 5) is 13.7. The lowest BCUT2D eigenvalue weighted by Crippen LogP contribution is -2.12. The second kappa shape index (κ2) is 5.67. The Morgan fingerprint density at radius 3 is 3.05 bits per heavy atom. The number of hydrogen-bond acceptors (Lipinski definition) is 4. The smallest absolute Gasteiger partial charge is 0.178 e. The van der Waals surface area contributed by atoms with Crippen LogP contribution in [0.25, 0.3) is 11.5 Å². The van der Waals surface area contributed by atoms with E-state index < -0.39 is 0 Å². The minimum atomic E-state index is 0.0796. The molecule has 0 amide bonds. The van der Waals surface area contributed by atoms with Gasteiger partial charge in [-0.25, -0.2) is 9.97 Å². The van der Waals surface area contributed by atoms with Crippen LogP contribution in [0.15, 0.2) is 24.5 Å². The minimum absolute atomic E-state index is 0.0796. The molecule has 0 aromatic carbocycles. The monoisotopic (exact) mass is 268 g/mol. The molecule has 1 unspecified atom stereocenters. The number of nitrogens with two attached hydrogens (primary N) is 1. The zero-order valence-corrected chi connectivity index (χ0v) is 11.8. The number of aryl methyl sites for hydroxylation is 2. The van der Waals surface area contributed by atoms with Crippen molar-refractivity contribution < 1.29 is 0 Å². The Balaban J connectivity index is 2.06. The molecule has 0 radical (unpaired) electrons. The molecule has 4 heteroatoms. The van der Waals surface area contributed by atoms with Crippen LogP contribution in [0.5, 0.6) is 0 Å². The lowest BCUT2D eigenvalue weighted by atomic mass is 10.1. The summed E-state index contributed by atoms with van der Waals surface area (Å²) in [5.41, 5.74) is 10.5. The van der Waals surface area contributed by atoms with Crippen molar-refractivity contribution in [3.8, 4) is 11.5 Å². The molecule has 1 atom stereocenters. The lowest BCUT2D eigenvalue weighted by molar-refractivity contribution is 0.614. The average molecular weight is 268 g/mol. The highest BCUT2D eigenvalue weighted by atomic mass is 14.9. The van der Waals surface area contributed by atoms with Gasteiger partial charge in [-0.15, -0.1) is 0 Å². The first-order chi connectivity index (χ1) is 9.79. The molecular weight excluding hydrogens is 248 g/mol. The maximum atomic E-state index is 6.20. The van der Waals surface area contributed by atoms with Gasteiger partial charge in [0.2, 0.25) is 0 Å². The van der Waals surface area contributed by atoms with Crippen LogP contribution in [0, 0.1) is 0 Å². The maximum absolute atomic E-state index is 6.20. The molecule has 1 aliphatic rings. The summed E-state index contributed by atoms with van der Waals surface area (Å²) >= 11 is 0. The number of pyridine rings is 1. The van der Waals surface area contributed by atoms with Crippen LogP contribution in [-0.2, 0) is 12.8 Å². The first-order valence-electron chi connectivity index (χ1n) is 7.35. The quantitative estimate of drug-likeness (QED) is 0.851. The van der Waals surface area contributed by atoms with Gasteiger partial charge in [0.25, 0.3) is 0 Å². The number of aromatic nitrogens is 3. The maximum Gasteiger partial charge on any atom is 0.178 e. The normalized spacial score (nSPS) is 18.4. The molecule has 3 rings (SSSR count). The van der Waals surface area contributed by atoms with Crippen LogP contribution in [0.1, 0.15) is 49.0 Å². The van der Waals surface area contributed by atoms with Crippen LogP contribution < -0.4 is 5.73 Å². The highest BCUT2D eigenvalue weighted by molar-refractivity contribution is 5.55. The standard InChI is InChI=1S/C16H20N4/c1-2-11-6-5-9-18-15(11)16-19-10-12-13(17)7-3-4-8-14(12)20-16/h5-6,9-10,13H,2-4,7-8,17H2,1H3. The van der Waals surface area contributed by atoms with E-state index in [-0.39, 0.29) is 6.04 Å². The van der Waals surface area contributed by atoms with Crippen molar-refractivity contribution in [2.75, 3.05) is 0 Å². The molecule has 0 saturated heterocycles. The fourth-order valence-corrected chi connectivity index (χ4v) is 2.79. The number of nitrogens with zero attached hydrogens (tertiary/aromatic N) is 3. The Bertz CT molecular complexity index is 609. The van der Waals surface area contributed by atoms with Gasteiger partial charge >= 0.3 is 0 Å². The summed E-state index contributed by atoms with van der Waals surface area (Å²) in [6, 6.07) is 4.13. The Labute approximate surface area is 119 Å². The van der Waals surface area contributed by atoms with Gasteiger partial charge < -0.3 is 5.73 Å². The van der Waals surface area contributed by atoms with Crippen molar-refractivity contribution in [1.29, 1.82) is 0 Å². The third-order valence-electron chi connectivity index (χ3n) is 3.96. The van der Waals surface area contributed by atoms with Gasteiger partial charge in [0, 0.05) is 29.7 Å². The van der Waals surface area contributed by atoms with Crippen LogP contribution in [0.2, 0.25) is 0 Å². The van der Waals surface area contributed by atoms with Gasteiger partial charge in [0.05, 0.1) is 0 Å². The van der Waals surface area contributed by atoms with E-state index in [9.17, 15) is 0 Å². The van der Waals surface area contributed by atoms with Gasteiger partial charge in [0.1, 0.15) is 5.69 Å². The van der Waals surface area contributed by atoms with E-state index in [2.05, 4.69) is 23.0 Å². The van der Waals surface area contributed by atoms with Crippen molar-refractivity contribution >= 4 is 0 Å². The largest absolute Gasteiger partial charge is 0.324 e. The minimum Gasteiger partial charge on any atom is -0.324 e. The SMILES string of the molecule is CCc1cccnc1-c1ncc2c(n1)CCCCC2N. The molecule has 0 bridgehead atoms. The Morgan fingerprint density at radius 1 is 1.30 bits per heavy atom. The topological polar surface area (TPSA) is 64.7 Å². The average Bonchev–Trinajstić information content (AvgIpc) is 2.68. The van der Waals surface area contributed by atoms with E-state index in [4.69, 9.17) is 10.7 Å². The third-order valence-corrected chi connectivity index (χ3v) is 3.96. The highest BCUT2D eigenvalue weighted by Crippen LogP contribution is 2.27. The van der Waals surface area contributed by atoms with E-state index >= 15 is 0 Å². The Hall–Kier alpha value is -1.81. The molecule has 0 fully saturated rings. The van der Waals surface area contributed by atoms with E-state index in [1.807, 2.05) is 12.3 Å². The van der Waals surface area contributed by atoms with Crippen LogP contribution in [-0.4, -0.2) is 15.0 Å². The molecule has 20 heavy (non-hydrogen) atoms. The first kappa shape index (κ1) is 13.2. The molecule has 104 valence electrons. The fraction of sp³-hybridized carbons (Fsp3) is 0.438. The van der Waals surface area contributed by atoms with Gasteiger partial charge in [-0.2, -0.15) is 0 Å². The summed E-state index contributed by atoms with van der Waals surface area (Å²) in [7, 11) is 0. The molecule has 4 nitrogen and oxygen atoms in total. The summed E-state index contributed by atoms with van der Waals surface area (Å²) in [5.74, 6) is 0.732. The zero-order chi connectivity index (χ0) is 13.9. The molecule has 0 saturated carbocycles. The van der Waals surface area contributed by atoms with Crippen molar-refractivity contribution in [3.63, 3.8) is 0 Å². The summed E-state index contributed by atoms with van der Waals surface area (Å²) in [6.07, 6.45) is 8.98. The predicted octanol–water partition coefficient (Wildman–Crippen LogP) is 2.83. The van der Waals surface area contributed by atoms with Crippen molar-refractivity contribution in [2.45, 2.75) is 45.1 Å². The molecule has 0 aliphatic heterocycles. The second-order valence-electron chi connectivity index (χ2n) is 5.31. The van der Waals surface area contributed by atoms with Gasteiger partial charge in [-0.1, -0.05) is 19.4 Å². The fourth-order valence-electron chi connectivity index (χ4n) is 2.79. The Kier molecular flexibility index (Phi) is 3.74. The molecular formula is C16H20N4.